The van der Waals surface area contributed by atoms with E-state index in [1.165, 1.54) is 5.56 Å². The second-order valence-corrected chi connectivity index (χ2v) is 9.01. The number of aromatic nitrogens is 1. The molecule has 0 unspecified atom stereocenters. The summed E-state index contributed by atoms with van der Waals surface area (Å²) in [7, 11) is 0. The van der Waals surface area contributed by atoms with Gasteiger partial charge in [-0.2, -0.15) is 0 Å². The topological polar surface area (TPSA) is 80.3 Å². The maximum absolute atomic E-state index is 12.4. The lowest BCUT2D eigenvalue weighted by molar-refractivity contribution is -0.117. The monoisotopic (exact) mass is 397 g/mol. The van der Waals surface area contributed by atoms with Crippen LogP contribution in [0, 0.1) is 12.8 Å². The van der Waals surface area contributed by atoms with E-state index in [9.17, 15) is 9.59 Å². The Morgan fingerprint density at radius 1 is 1.10 bits per heavy atom. The molecule has 1 aromatic heterocycles. The van der Waals surface area contributed by atoms with E-state index in [2.05, 4.69) is 21.7 Å². The molecule has 29 heavy (non-hydrogen) atoms. The number of hydrogen-bond donors (Lipinski definition) is 2. The average Bonchev–Trinajstić information content (AvgIpc) is 2.62. The van der Waals surface area contributed by atoms with Crippen molar-refractivity contribution in [3.8, 4) is 0 Å². The first-order valence-corrected chi connectivity index (χ1v) is 10.3. The van der Waals surface area contributed by atoms with E-state index in [0.29, 0.717) is 18.2 Å². The highest BCUT2D eigenvalue weighted by atomic mass is 16.6. The van der Waals surface area contributed by atoms with Crippen LogP contribution in [0.2, 0.25) is 0 Å². The Kier molecular flexibility index (Phi) is 6.40. The average molecular weight is 398 g/mol. The second-order valence-electron chi connectivity index (χ2n) is 9.01. The summed E-state index contributed by atoms with van der Waals surface area (Å²) < 4.78 is 5.31. The lowest BCUT2D eigenvalue weighted by Gasteiger charge is -2.29. The van der Waals surface area contributed by atoms with Crippen molar-refractivity contribution in [2.75, 3.05) is 5.32 Å². The van der Waals surface area contributed by atoms with E-state index in [1.807, 2.05) is 52.0 Å². The van der Waals surface area contributed by atoms with Gasteiger partial charge < -0.3 is 15.4 Å². The number of fused-ring (bicyclic) bond motifs is 1. The first-order valence-electron chi connectivity index (χ1n) is 10.3. The minimum absolute atomic E-state index is 0.00693. The molecule has 1 saturated carbocycles. The van der Waals surface area contributed by atoms with Gasteiger partial charge in [0.25, 0.3) is 0 Å². The second kappa shape index (κ2) is 8.80. The van der Waals surface area contributed by atoms with Gasteiger partial charge in [0.1, 0.15) is 11.4 Å². The summed E-state index contributed by atoms with van der Waals surface area (Å²) in [6.07, 6.45) is 3.68. The maximum Gasteiger partial charge on any atom is 0.407 e. The van der Waals surface area contributed by atoms with Gasteiger partial charge in [-0.05, 0) is 83.6 Å². The number of hydrogen-bond acceptors (Lipinski definition) is 4. The highest BCUT2D eigenvalue weighted by Crippen LogP contribution is 2.27. The van der Waals surface area contributed by atoms with Crippen molar-refractivity contribution < 1.29 is 14.3 Å². The predicted octanol–water partition coefficient (Wildman–Crippen LogP) is 4.96. The lowest BCUT2D eigenvalue weighted by atomic mass is 9.84. The number of amides is 2. The molecule has 156 valence electrons. The van der Waals surface area contributed by atoms with Crippen LogP contribution in [-0.2, 0) is 9.53 Å². The van der Waals surface area contributed by atoms with Gasteiger partial charge in [-0.15, -0.1) is 0 Å². The number of anilines is 1. The molecule has 0 spiro atoms. The fourth-order valence-corrected chi connectivity index (χ4v) is 3.76. The summed E-state index contributed by atoms with van der Waals surface area (Å²) in [4.78, 5) is 28.9. The molecule has 2 aromatic rings. The van der Waals surface area contributed by atoms with Crippen LogP contribution in [0.3, 0.4) is 0 Å². The zero-order valence-electron chi connectivity index (χ0n) is 17.7. The highest BCUT2D eigenvalue weighted by molar-refractivity contribution is 5.91. The SMILES string of the molecule is Cc1ccc2nc(NC(=O)CC3CCC(NC(=O)OC(C)(C)C)CC3)ccc2c1. The molecule has 1 heterocycles. The zero-order valence-corrected chi connectivity index (χ0v) is 17.7. The molecule has 0 saturated heterocycles. The van der Waals surface area contributed by atoms with E-state index >= 15 is 0 Å². The third kappa shape index (κ3) is 6.44. The van der Waals surface area contributed by atoms with Crippen molar-refractivity contribution >= 4 is 28.7 Å². The number of benzene rings is 1. The lowest BCUT2D eigenvalue weighted by Crippen LogP contribution is -2.41. The largest absolute Gasteiger partial charge is 0.444 e. The smallest absolute Gasteiger partial charge is 0.407 e. The molecule has 1 aliphatic carbocycles. The van der Waals surface area contributed by atoms with Gasteiger partial charge in [0.15, 0.2) is 0 Å². The molecule has 3 rings (SSSR count). The van der Waals surface area contributed by atoms with E-state index in [0.717, 1.165) is 36.6 Å². The number of ether oxygens (including phenoxy) is 1. The van der Waals surface area contributed by atoms with Crippen LogP contribution in [0.1, 0.15) is 58.4 Å². The molecule has 2 amide bonds. The van der Waals surface area contributed by atoms with Gasteiger partial charge >= 0.3 is 6.09 Å². The Morgan fingerprint density at radius 3 is 2.52 bits per heavy atom. The van der Waals surface area contributed by atoms with E-state index in [1.54, 1.807) is 0 Å². The quantitative estimate of drug-likeness (QED) is 0.764. The van der Waals surface area contributed by atoms with Crippen LogP contribution in [0.15, 0.2) is 30.3 Å². The molecule has 1 aromatic carbocycles. The van der Waals surface area contributed by atoms with Crippen LogP contribution in [0.25, 0.3) is 10.9 Å². The van der Waals surface area contributed by atoms with Crippen LogP contribution in [-0.4, -0.2) is 28.6 Å². The summed E-state index contributed by atoms with van der Waals surface area (Å²) in [5.41, 5.74) is 1.57. The van der Waals surface area contributed by atoms with Crippen LogP contribution in [0.4, 0.5) is 10.6 Å². The Balaban J connectivity index is 1.45. The number of pyridine rings is 1. The zero-order chi connectivity index (χ0) is 21.0. The fourth-order valence-electron chi connectivity index (χ4n) is 3.76. The number of alkyl carbamates (subject to hydrolysis) is 1. The number of carbonyl (C=O) groups excluding carboxylic acids is 2. The minimum Gasteiger partial charge on any atom is -0.444 e. The highest BCUT2D eigenvalue weighted by Gasteiger charge is 2.26. The van der Waals surface area contributed by atoms with Crippen LogP contribution >= 0.6 is 0 Å². The molecule has 0 radical (unpaired) electrons. The van der Waals surface area contributed by atoms with Crippen molar-refractivity contribution in [1.29, 1.82) is 0 Å². The van der Waals surface area contributed by atoms with Gasteiger partial charge in [0.2, 0.25) is 5.91 Å². The third-order valence-electron chi connectivity index (χ3n) is 5.15. The van der Waals surface area contributed by atoms with Crippen molar-refractivity contribution in [2.45, 2.75) is 71.4 Å². The van der Waals surface area contributed by atoms with Gasteiger partial charge in [-0.1, -0.05) is 11.6 Å². The Hall–Kier alpha value is -2.63. The number of aryl methyl sites for hydroxylation is 1. The standard InChI is InChI=1S/C23H31N3O3/c1-15-5-11-19-17(13-15)8-12-20(25-19)26-21(27)14-16-6-9-18(10-7-16)24-22(28)29-23(2,3)4/h5,8,11-13,16,18H,6-7,9-10,14H2,1-4H3,(H,24,28)(H,25,26,27). The fraction of sp³-hybridized carbons (Fsp3) is 0.522. The van der Waals surface area contributed by atoms with Crippen LogP contribution in [0.5, 0.6) is 0 Å². The van der Waals surface area contributed by atoms with E-state index < -0.39 is 5.60 Å². The first-order chi connectivity index (χ1) is 13.7. The van der Waals surface area contributed by atoms with E-state index in [4.69, 9.17) is 4.74 Å². The summed E-state index contributed by atoms with van der Waals surface area (Å²) >= 11 is 0. The number of rotatable bonds is 4. The summed E-state index contributed by atoms with van der Waals surface area (Å²) in [6, 6.07) is 10.0. The molecular formula is C23H31N3O3. The van der Waals surface area contributed by atoms with Gasteiger partial charge in [-0.3, -0.25) is 4.79 Å². The van der Waals surface area contributed by atoms with Gasteiger partial charge in [-0.25, -0.2) is 9.78 Å². The Labute approximate surface area is 172 Å². The normalized spacial score (nSPS) is 19.6. The van der Waals surface area contributed by atoms with E-state index in [-0.39, 0.29) is 18.0 Å². The molecular weight excluding hydrogens is 366 g/mol. The molecule has 6 heteroatoms. The Bertz CT molecular complexity index is 881. The minimum atomic E-state index is -0.491. The molecule has 0 aliphatic heterocycles. The maximum atomic E-state index is 12.4. The van der Waals surface area contributed by atoms with Gasteiger partial charge in [0.05, 0.1) is 5.52 Å². The molecule has 2 N–H and O–H groups in total. The summed E-state index contributed by atoms with van der Waals surface area (Å²) in [6.45, 7) is 7.61. The molecule has 1 fully saturated rings. The number of nitrogens with zero attached hydrogens (tertiary/aromatic N) is 1. The molecule has 0 bridgehead atoms. The van der Waals surface area contributed by atoms with Crippen molar-refractivity contribution in [1.82, 2.24) is 10.3 Å². The number of carbonyl (C=O) groups is 2. The predicted molar refractivity (Wildman–Crippen MR) is 115 cm³/mol. The number of nitrogens with one attached hydrogen (secondary N) is 2. The van der Waals surface area contributed by atoms with Crippen LogP contribution < -0.4 is 10.6 Å². The molecule has 1 aliphatic rings. The van der Waals surface area contributed by atoms with Gasteiger partial charge in [0, 0.05) is 17.8 Å². The van der Waals surface area contributed by atoms with Crippen molar-refractivity contribution in [2.24, 2.45) is 5.92 Å². The summed E-state index contributed by atoms with van der Waals surface area (Å²) in [5.74, 6) is 0.911. The molecule has 6 nitrogen and oxygen atoms in total. The molecule has 0 atom stereocenters. The Morgan fingerprint density at radius 2 is 1.83 bits per heavy atom. The first kappa shape index (κ1) is 21.1. The third-order valence-corrected chi connectivity index (χ3v) is 5.15. The summed E-state index contributed by atoms with van der Waals surface area (Å²) in [5, 5.41) is 6.93. The van der Waals surface area contributed by atoms with Crippen molar-refractivity contribution in [3.05, 3.63) is 35.9 Å². The van der Waals surface area contributed by atoms with Crippen molar-refractivity contribution in [3.63, 3.8) is 0 Å².